The standard InChI is InChI=1S/C14H29NS/c1-5-14(6-2,16-4)11-15-12(3)10-13-8-7-9-13/h12-13,15H,5-11H2,1-4H3. The van der Waals surface area contributed by atoms with Crippen LogP contribution in [0.2, 0.25) is 0 Å². The number of nitrogens with one attached hydrogen (secondary N) is 1. The molecule has 1 N–H and O–H groups in total. The van der Waals surface area contributed by atoms with Gasteiger partial charge in [0.25, 0.3) is 0 Å². The van der Waals surface area contributed by atoms with Crippen molar-refractivity contribution in [3.63, 3.8) is 0 Å². The maximum Gasteiger partial charge on any atom is 0.0276 e. The predicted molar refractivity (Wildman–Crippen MR) is 76.3 cm³/mol. The van der Waals surface area contributed by atoms with E-state index in [0.29, 0.717) is 10.8 Å². The fourth-order valence-corrected chi connectivity index (χ4v) is 3.34. The van der Waals surface area contributed by atoms with Crippen LogP contribution >= 0.6 is 11.8 Å². The second kappa shape index (κ2) is 6.90. The summed E-state index contributed by atoms with van der Waals surface area (Å²) in [7, 11) is 0. The molecule has 0 radical (unpaired) electrons. The summed E-state index contributed by atoms with van der Waals surface area (Å²) in [5.41, 5.74) is 0. The lowest BCUT2D eigenvalue weighted by molar-refractivity contribution is 0.262. The summed E-state index contributed by atoms with van der Waals surface area (Å²) in [6, 6.07) is 0.704. The van der Waals surface area contributed by atoms with Crippen LogP contribution in [0.5, 0.6) is 0 Å². The number of hydrogen-bond acceptors (Lipinski definition) is 2. The van der Waals surface area contributed by atoms with Gasteiger partial charge in [0.2, 0.25) is 0 Å². The lowest BCUT2D eigenvalue weighted by atomic mass is 9.81. The van der Waals surface area contributed by atoms with Gasteiger partial charge in [-0.05, 0) is 38.4 Å². The number of thioether (sulfide) groups is 1. The Labute approximate surface area is 106 Å². The van der Waals surface area contributed by atoms with Crippen molar-refractivity contribution in [3.05, 3.63) is 0 Å². The summed E-state index contributed by atoms with van der Waals surface area (Å²) in [6.45, 7) is 8.17. The van der Waals surface area contributed by atoms with Crippen LogP contribution in [0.4, 0.5) is 0 Å². The molecule has 0 amide bonds. The summed E-state index contributed by atoms with van der Waals surface area (Å²) in [5.74, 6) is 1.02. The highest BCUT2D eigenvalue weighted by Crippen LogP contribution is 2.32. The van der Waals surface area contributed by atoms with E-state index < -0.39 is 0 Å². The maximum atomic E-state index is 3.75. The van der Waals surface area contributed by atoms with Crippen molar-refractivity contribution in [2.24, 2.45) is 5.92 Å². The van der Waals surface area contributed by atoms with E-state index in [1.54, 1.807) is 0 Å². The van der Waals surface area contributed by atoms with Gasteiger partial charge in [-0.25, -0.2) is 0 Å². The highest BCUT2D eigenvalue weighted by atomic mass is 32.2. The maximum absolute atomic E-state index is 3.75. The molecule has 1 aliphatic carbocycles. The van der Waals surface area contributed by atoms with Gasteiger partial charge in [0, 0.05) is 17.3 Å². The molecule has 1 rings (SSSR count). The molecule has 0 heterocycles. The Bertz CT molecular complexity index is 177. The highest BCUT2D eigenvalue weighted by Gasteiger charge is 2.26. The third-order valence-corrected chi connectivity index (χ3v) is 5.99. The lowest BCUT2D eigenvalue weighted by Gasteiger charge is -2.33. The Kier molecular flexibility index (Phi) is 6.20. The zero-order valence-corrected chi connectivity index (χ0v) is 12.3. The lowest BCUT2D eigenvalue weighted by Crippen LogP contribution is -2.41. The zero-order chi connectivity index (χ0) is 12.0. The van der Waals surface area contributed by atoms with E-state index in [2.05, 4.69) is 32.3 Å². The zero-order valence-electron chi connectivity index (χ0n) is 11.5. The van der Waals surface area contributed by atoms with E-state index in [0.717, 1.165) is 5.92 Å². The van der Waals surface area contributed by atoms with Crippen LogP contribution in [-0.2, 0) is 0 Å². The molecule has 1 unspecified atom stereocenters. The fraction of sp³-hybridized carbons (Fsp3) is 1.00. The van der Waals surface area contributed by atoms with Gasteiger partial charge in [-0.1, -0.05) is 33.1 Å². The number of rotatable bonds is 8. The number of hydrogen-bond donors (Lipinski definition) is 1. The van der Waals surface area contributed by atoms with E-state index in [4.69, 9.17) is 0 Å². The van der Waals surface area contributed by atoms with Crippen molar-refractivity contribution in [1.82, 2.24) is 5.32 Å². The van der Waals surface area contributed by atoms with Crippen LogP contribution < -0.4 is 5.32 Å². The molecule has 1 fully saturated rings. The first-order valence-electron chi connectivity index (χ1n) is 6.94. The summed E-state index contributed by atoms with van der Waals surface area (Å²) in [5, 5.41) is 3.75. The van der Waals surface area contributed by atoms with Gasteiger partial charge >= 0.3 is 0 Å². The first-order valence-corrected chi connectivity index (χ1v) is 8.16. The second-order valence-corrected chi connectivity index (χ2v) is 6.68. The third-order valence-electron chi connectivity index (χ3n) is 4.41. The average Bonchev–Trinajstić information content (AvgIpc) is 2.26. The van der Waals surface area contributed by atoms with Crippen molar-refractivity contribution in [3.8, 4) is 0 Å². The molecule has 0 aromatic carbocycles. The summed E-state index contributed by atoms with van der Waals surface area (Å²) < 4.78 is 0.466. The van der Waals surface area contributed by atoms with Crippen molar-refractivity contribution in [2.75, 3.05) is 12.8 Å². The van der Waals surface area contributed by atoms with Crippen molar-refractivity contribution >= 4 is 11.8 Å². The largest absolute Gasteiger partial charge is 0.313 e. The van der Waals surface area contributed by atoms with E-state index in [9.17, 15) is 0 Å². The van der Waals surface area contributed by atoms with Gasteiger partial charge in [-0.3, -0.25) is 0 Å². The predicted octanol–water partition coefficient (Wildman–Crippen LogP) is 4.08. The Morgan fingerprint density at radius 2 is 1.94 bits per heavy atom. The topological polar surface area (TPSA) is 12.0 Å². The summed E-state index contributed by atoms with van der Waals surface area (Å²) >= 11 is 2.04. The smallest absolute Gasteiger partial charge is 0.0276 e. The van der Waals surface area contributed by atoms with Crippen LogP contribution in [0.15, 0.2) is 0 Å². The monoisotopic (exact) mass is 243 g/mol. The molecule has 0 aromatic rings. The molecule has 16 heavy (non-hydrogen) atoms. The average molecular weight is 243 g/mol. The minimum absolute atomic E-state index is 0.466. The van der Waals surface area contributed by atoms with Gasteiger partial charge in [-0.2, -0.15) is 11.8 Å². The van der Waals surface area contributed by atoms with E-state index in [-0.39, 0.29) is 0 Å². The Balaban J connectivity index is 2.24. The fourth-order valence-electron chi connectivity index (χ4n) is 2.53. The van der Waals surface area contributed by atoms with Gasteiger partial charge < -0.3 is 5.32 Å². The van der Waals surface area contributed by atoms with Crippen molar-refractivity contribution < 1.29 is 0 Å². The van der Waals surface area contributed by atoms with Crippen molar-refractivity contribution in [2.45, 2.75) is 70.1 Å². The van der Waals surface area contributed by atoms with E-state index in [1.165, 1.54) is 45.1 Å². The first-order chi connectivity index (χ1) is 7.65. The molecule has 0 aromatic heterocycles. The summed E-state index contributed by atoms with van der Waals surface area (Å²) in [4.78, 5) is 0. The molecule has 1 atom stereocenters. The van der Waals surface area contributed by atoms with Crippen LogP contribution in [0.25, 0.3) is 0 Å². The molecule has 1 saturated carbocycles. The molecule has 1 aliphatic rings. The Morgan fingerprint density at radius 1 is 1.31 bits per heavy atom. The van der Waals surface area contributed by atoms with Crippen molar-refractivity contribution in [1.29, 1.82) is 0 Å². The van der Waals surface area contributed by atoms with Crippen LogP contribution in [-0.4, -0.2) is 23.6 Å². The molecule has 0 spiro atoms. The minimum Gasteiger partial charge on any atom is -0.313 e. The van der Waals surface area contributed by atoms with E-state index >= 15 is 0 Å². The van der Waals surface area contributed by atoms with Gasteiger partial charge in [0.1, 0.15) is 0 Å². The molecule has 0 saturated heterocycles. The summed E-state index contributed by atoms with van der Waals surface area (Å²) in [6.07, 6.45) is 10.6. The van der Waals surface area contributed by atoms with Crippen LogP contribution in [0.1, 0.15) is 59.3 Å². The van der Waals surface area contributed by atoms with Crippen LogP contribution in [0.3, 0.4) is 0 Å². The quantitative estimate of drug-likeness (QED) is 0.689. The van der Waals surface area contributed by atoms with Gasteiger partial charge in [0.15, 0.2) is 0 Å². The highest BCUT2D eigenvalue weighted by molar-refractivity contribution is 8.00. The van der Waals surface area contributed by atoms with Gasteiger partial charge in [-0.15, -0.1) is 0 Å². The molecular formula is C14H29NS. The molecule has 96 valence electrons. The van der Waals surface area contributed by atoms with Gasteiger partial charge in [0.05, 0.1) is 0 Å². The third kappa shape index (κ3) is 3.96. The van der Waals surface area contributed by atoms with E-state index in [1.807, 2.05) is 11.8 Å². The Morgan fingerprint density at radius 3 is 2.31 bits per heavy atom. The minimum atomic E-state index is 0.466. The Hall–Kier alpha value is 0.310. The second-order valence-electron chi connectivity index (χ2n) is 5.41. The normalized spacial score (nSPS) is 19.5. The van der Waals surface area contributed by atoms with Crippen LogP contribution in [0, 0.1) is 5.92 Å². The molecule has 1 nitrogen and oxygen atoms in total. The SMILES string of the molecule is CCC(CC)(CNC(C)CC1CCC1)SC. The molecular weight excluding hydrogens is 214 g/mol. The first kappa shape index (κ1) is 14.4. The molecule has 0 aliphatic heterocycles. The molecule has 0 bridgehead atoms. The molecule has 2 heteroatoms.